The predicted molar refractivity (Wildman–Crippen MR) is 32.3 cm³/mol. The molecule has 0 saturated heterocycles. The minimum absolute atomic E-state index is 0.117. The van der Waals surface area contributed by atoms with Crippen molar-refractivity contribution >= 4 is 6.09 Å². The summed E-state index contributed by atoms with van der Waals surface area (Å²) in [6.07, 6.45) is -1.08. The molecule has 0 aromatic rings. The molecule has 1 amide bonds. The molecule has 0 radical (unpaired) electrons. The lowest BCUT2D eigenvalue weighted by Gasteiger charge is -2.05. The van der Waals surface area contributed by atoms with E-state index in [2.05, 4.69) is 5.32 Å². The molecule has 0 aliphatic rings. The lowest BCUT2D eigenvalue weighted by atomic mass is 10.3. The van der Waals surface area contributed by atoms with Gasteiger partial charge in [-0.3, -0.25) is 0 Å². The maximum absolute atomic E-state index is 9.80. The van der Waals surface area contributed by atoms with Crippen LogP contribution in [0.3, 0.4) is 0 Å². The van der Waals surface area contributed by atoms with Crippen LogP contribution in [0.25, 0.3) is 0 Å². The summed E-state index contributed by atoms with van der Waals surface area (Å²) in [6, 6.07) is 0. The number of carbonyl (C=O) groups is 1. The molecule has 1 atom stereocenters. The molecule has 4 heteroatoms. The summed E-state index contributed by atoms with van der Waals surface area (Å²) in [5.74, 6) is 0. The molecule has 0 spiro atoms. The highest BCUT2D eigenvalue weighted by Crippen LogP contribution is 1.85. The molecular weight excluding hydrogens is 122 g/mol. The van der Waals surface area contributed by atoms with Gasteiger partial charge in [0, 0.05) is 6.54 Å². The van der Waals surface area contributed by atoms with Crippen LogP contribution in [0.2, 0.25) is 0 Å². The summed E-state index contributed by atoms with van der Waals surface area (Å²) in [4.78, 5) is 9.80. The second-order valence-electron chi connectivity index (χ2n) is 1.75. The SMILES string of the molecule is CCC(O)CNC(=O)O. The van der Waals surface area contributed by atoms with Crippen LogP contribution in [0.1, 0.15) is 13.3 Å². The second-order valence-corrected chi connectivity index (χ2v) is 1.75. The summed E-state index contributed by atoms with van der Waals surface area (Å²) in [5, 5.41) is 18.9. The highest BCUT2D eigenvalue weighted by atomic mass is 16.4. The van der Waals surface area contributed by atoms with Gasteiger partial charge in [0.2, 0.25) is 0 Å². The number of carboxylic acid groups (broad SMARTS) is 1. The van der Waals surface area contributed by atoms with Gasteiger partial charge in [0.05, 0.1) is 6.10 Å². The Hall–Kier alpha value is -0.770. The number of aliphatic hydroxyl groups excluding tert-OH is 1. The molecule has 0 aromatic heterocycles. The Balaban J connectivity index is 3.16. The topological polar surface area (TPSA) is 69.6 Å². The molecule has 1 unspecified atom stereocenters. The van der Waals surface area contributed by atoms with Crippen LogP contribution >= 0.6 is 0 Å². The summed E-state index contributed by atoms with van der Waals surface area (Å²) < 4.78 is 0. The molecule has 0 saturated carbocycles. The molecule has 0 aliphatic heterocycles. The van der Waals surface area contributed by atoms with Crippen molar-refractivity contribution in [2.24, 2.45) is 0 Å². The average Bonchev–Trinajstić information content (AvgIpc) is 1.83. The molecule has 4 nitrogen and oxygen atoms in total. The van der Waals surface area contributed by atoms with Crippen molar-refractivity contribution in [3.8, 4) is 0 Å². The van der Waals surface area contributed by atoms with Crippen molar-refractivity contribution in [1.29, 1.82) is 0 Å². The largest absolute Gasteiger partial charge is 0.465 e. The molecule has 54 valence electrons. The summed E-state index contributed by atoms with van der Waals surface area (Å²) in [6.45, 7) is 1.90. The quantitative estimate of drug-likeness (QED) is 0.508. The molecular formula is C5H11NO3. The van der Waals surface area contributed by atoms with E-state index in [1.54, 1.807) is 6.92 Å². The third-order valence-electron chi connectivity index (χ3n) is 0.960. The maximum Gasteiger partial charge on any atom is 0.404 e. The lowest BCUT2D eigenvalue weighted by Crippen LogP contribution is -2.30. The summed E-state index contributed by atoms with van der Waals surface area (Å²) >= 11 is 0. The Kier molecular flexibility index (Phi) is 3.79. The number of hydrogen-bond donors (Lipinski definition) is 3. The minimum Gasteiger partial charge on any atom is -0.465 e. The fourth-order valence-electron chi connectivity index (χ4n) is 0.349. The van der Waals surface area contributed by atoms with Crippen LogP contribution in [0.4, 0.5) is 4.79 Å². The van der Waals surface area contributed by atoms with Gasteiger partial charge >= 0.3 is 6.09 Å². The molecule has 9 heavy (non-hydrogen) atoms. The van der Waals surface area contributed by atoms with E-state index in [1.165, 1.54) is 0 Å². The van der Waals surface area contributed by atoms with Gasteiger partial charge in [0.1, 0.15) is 0 Å². The number of rotatable bonds is 3. The van der Waals surface area contributed by atoms with Gasteiger partial charge in [-0.2, -0.15) is 0 Å². The third kappa shape index (κ3) is 5.10. The molecule has 0 rings (SSSR count). The van der Waals surface area contributed by atoms with Crippen LogP contribution in [0, 0.1) is 0 Å². The highest BCUT2D eigenvalue weighted by Gasteiger charge is 2.00. The van der Waals surface area contributed by atoms with E-state index in [1.807, 2.05) is 0 Å². The molecule has 0 heterocycles. The van der Waals surface area contributed by atoms with Gasteiger partial charge in [0.25, 0.3) is 0 Å². The molecule has 0 fully saturated rings. The van der Waals surface area contributed by atoms with Crippen LogP contribution in [-0.2, 0) is 0 Å². The Bertz CT molecular complexity index is 94.2. The van der Waals surface area contributed by atoms with Crippen LogP contribution < -0.4 is 5.32 Å². The zero-order valence-corrected chi connectivity index (χ0v) is 5.29. The van der Waals surface area contributed by atoms with Gasteiger partial charge in [-0.1, -0.05) is 6.92 Å². The Morgan fingerprint density at radius 3 is 2.67 bits per heavy atom. The number of hydrogen-bond acceptors (Lipinski definition) is 2. The molecule has 3 N–H and O–H groups in total. The van der Waals surface area contributed by atoms with Crippen molar-refractivity contribution < 1.29 is 15.0 Å². The van der Waals surface area contributed by atoms with Gasteiger partial charge in [-0.05, 0) is 6.42 Å². The highest BCUT2D eigenvalue weighted by molar-refractivity contribution is 5.64. The van der Waals surface area contributed by atoms with Crippen molar-refractivity contribution in [2.75, 3.05) is 6.54 Å². The third-order valence-corrected chi connectivity index (χ3v) is 0.960. The van der Waals surface area contributed by atoms with Gasteiger partial charge < -0.3 is 15.5 Å². The summed E-state index contributed by atoms with van der Waals surface area (Å²) in [5.41, 5.74) is 0. The smallest absolute Gasteiger partial charge is 0.404 e. The van der Waals surface area contributed by atoms with E-state index in [9.17, 15) is 4.79 Å². The van der Waals surface area contributed by atoms with E-state index in [4.69, 9.17) is 10.2 Å². The zero-order chi connectivity index (χ0) is 7.28. The van der Waals surface area contributed by atoms with Crippen molar-refractivity contribution in [2.45, 2.75) is 19.4 Å². The number of nitrogens with one attached hydrogen (secondary N) is 1. The van der Waals surface area contributed by atoms with E-state index in [0.717, 1.165) is 0 Å². The zero-order valence-electron chi connectivity index (χ0n) is 5.29. The molecule has 0 bridgehead atoms. The number of amides is 1. The van der Waals surface area contributed by atoms with E-state index in [-0.39, 0.29) is 6.54 Å². The molecule has 0 aromatic carbocycles. The first-order valence-corrected chi connectivity index (χ1v) is 2.81. The summed E-state index contributed by atoms with van der Waals surface area (Å²) in [7, 11) is 0. The number of aliphatic hydroxyl groups is 1. The Labute approximate surface area is 53.5 Å². The van der Waals surface area contributed by atoms with E-state index >= 15 is 0 Å². The first-order valence-electron chi connectivity index (χ1n) is 2.81. The van der Waals surface area contributed by atoms with E-state index in [0.29, 0.717) is 6.42 Å². The maximum atomic E-state index is 9.80. The fraction of sp³-hybridized carbons (Fsp3) is 0.800. The lowest BCUT2D eigenvalue weighted by molar-refractivity contribution is 0.154. The van der Waals surface area contributed by atoms with Crippen LogP contribution in [0.15, 0.2) is 0 Å². The van der Waals surface area contributed by atoms with Crippen molar-refractivity contribution in [3.05, 3.63) is 0 Å². The monoisotopic (exact) mass is 133 g/mol. The first kappa shape index (κ1) is 8.23. The van der Waals surface area contributed by atoms with E-state index < -0.39 is 12.2 Å². The fourth-order valence-corrected chi connectivity index (χ4v) is 0.349. The van der Waals surface area contributed by atoms with Crippen molar-refractivity contribution in [1.82, 2.24) is 5.32 Å². The second kappa shape index (κ2) is 4.14. The van der Waals surface area contributed by atoms with Crippen molar-refractivity contribution in [3.63, 3.8) is 0 Å². The Morgan fingerprint density at radius 1 is 1.78 bits per heavy atom. The predicted octanol–water partition coefficient (Wildman–Crippen LogP) is 0.0249. The molecule has 0 aliphatic carbocycles. The standard InChI is InChI=1S/C5H11NO3/c1-2-4(7)3-6-5(8)9/h4,6-7H,2-3H2,1H3,(H,8,9). The Morgan fingerprint density at radius 2 is 2.33 bits per heavy atom. The van der Waals surface area contributed by atoms with Crippen LogP contribution in [-0.4, -0.2) is 29.0 Å². The first-order chi connectivity index (χ1) is 4.16. The average molecular weight is 133 g/mol. The van der Waals surface area contributed by atoms with Gasteiger partial charge in [0.15, 0.2) is 0 Å². The minimum atomic E-state index is -1.09. The normalized spacial score (nSPS) is 12.7. The van der Waals surface area contributed by atoms with Crippen LogP contribution in [0.5, 0.6) is 0 Å². The van der Waals surface area contributed by atoms with Gasteiger partial charge in [-0.15, -0.1) is 0 Å². The van der Waals surface area contributed by atoms with Gasteiger partial charge in [-0.25, -0.2) is 4.79 Å².